The summed E-state index contributed by atoms with van der Waals surface area (Å²) >= 11 is 0. The van der Waals surface area contributed by atoms with Gasteiger partial charge in [-0.2, -0.15) is 0 Å². The van der Waals surface area contributed by atoms with Crippen molar-refractivity contribution in [3.8, 4) is 0 Å². The maximum atomic E-state index is 12.4. The molecule has 0 aromatic carbocycles. The standard InChI is InChI=1S/C16H29N3O3/c1-16(2,3)22-14(20)17-13-7-11-19(12-8-13)15(21)18-9-5-4-6-10-18/h13H,4-12H2,1-3H3,(H,17,20). The van der Waals surface area contributed by atoms with Crippen LogP contribution in [0.15, 0.2) is 0 Å². The fourth-order valence-corrected chi connectivity index (χ4v) is 2.97. The van der Waals surface area contributed by atoms with Crippen LogP contribution in [-0.4, -0.2) is 59.7 Å². The van der Waals surface area contributed by atoms with Gasteiger partial charge in [0.1, 0.15) is 5.60 Å². The van der Waals surface area contributed by atoms with Crippen molar-refractivity contribution in [2.45, 2.75) is 64.5 Å². The molecule has 3 amide bonds. The summed E-state index contributed by atoms with van der Waals surface area (Å²) in [5.41, 5.74) is -0.477. The summed E-state index contributed by atoms with van der Waals surface area (Å²) in [6.07, 6.45) is 4.67. The van der Waals surface area contributed by atoms with E-state index in [1.807, 2.05) is 30.6 Å². The van der Waals surface area contributed by atoms with Crippen LogP contribution in [0, 0.1) is 0 Å². The topological polar surface area (TPSA) is 61.9 Å². The molecule has 1 N–H and O–H groups in total. The average molecular weight is 311 g/mol. The lowest BCUT2D eigenvalue weighted by Gasteiger charge is -2.37. The van der Waals surface area contributed by atoms with E-state index in [0.29, 0.717) is 13.1 Å². The number of hydrogen-bond donors (Lipinski definition) is 1. The Morgan fingerprint density at radius 1 is 0.955 bits per heavy atom. The molecule has 0 atom stereocenters. The molecule has 2 saturated heterocycles. The number of alkyl carbamates (subject to hydrolysis) is 1. The van der Waals surface area contributed by atoms with Crippen molar-refractivity contribution in [2.75, 3.05) is 26.2 Å². The largest absolute Gasteiger partial charge is 0.444 e. The van der Waals surface area contributed by atoms with Crippen molar-refractivity contribution in [2.24, 2.45) is 0 Å². The summed E-state index contributed by atoms with van der Waals surface area (Å²) in [7, 11) is 0. The zero-order chi connectivity index (χ0) is 16.2. The molecule has 2 rings (SSSR count). The number of carbonyl (C=O) groups excluding carboxylic acids is 2. The molecule has 126 valence electrons. The summed E-state index contributed by atoms with van der Waals surface area (Å²) in [5.74, 6) is 0. The minimum Gasteiger partial charge on any atom is -0.444 e. The molecule has 6 heteroatoms. The fraction of sp³-hybridized carbons (Fsp3) is 0.875. The highest BCUT2D eigenvalue weighted by atomic mass is 16.6. The zero-order valence-electron chi connectivity index (χ0n) is 14.1. The maximum absolute atomic E-state index is 12.4. The fourth-order valence-electron chi connectivity index (χ4n) is 2.97. The van der Waals surface area contributed by atoms with Crippen LogP contribution in [-0.2, 0) is 4.74 Å². The Morgan fingerprint density at radius 3 is 2.05 bits per heavy atom. The van der Waals surface area contributed by atoms with Crippen molar-refractivity contribution in [1.29, 1.82) is 0 Å². The second-order valence-corrected chi connectivity index (χ2v) is 7.24. The molecular weight excluding hydrogens is 282 g/mol. The van der Waals surface area contributed by atoms with Crippen LogP contribution in [0.4, 0.5) is 9.59 Å². The summed E-state index contributed by atoms with van der Waals surface area (Å²) in [6, 6.07) is 0.260. The average Bonchev–Trinajstić information content (AvgIpc) is 2.46. The van der Waals surface area contributed by atoms with Crippen LogP contribution in [0.1, 0.15) is 52.9 Å². The van der Waals surface area contributed by atoms with Crippen LogP contribution in [0.3, 0.4) is 0 Å². The molecule has 2 aliphatic rings. The minimum absolute atomic E-state index is 0.0975. The predicted octanol–water partition coefficient (Wildman–Crippen LogP) is 2.58. The number of likely N-dealkylation sites (tertiary alicyclic amines) is 2. The van der Waals surface area contributed by atoms with E-state index in [9.17, 15) is 9.59 Å². The van der Waals surface area contributed by atoms with Crippen LogP contribution < -0.4 is 5.32 Å². The van der Waals surface area contributed by atoms with Crippen LogP contribution in [0.2, 0.25) is 0 Å². The number of nitrogens with zero attached hydrogens (tertiary/aromatic N) is 2. The van der Waals surface area contributed by atoms with Gasteiger partial charge in [-0.25, -0.2) is 9.59 Å². The van der Waals surface area contributed by atoms with Gasteiger partial charge in [0.05, 0.1) is 0 Å². The van der Waals surface area contributed by atoms with Gasteiger partial charge in [-0.05, 0) is 52.9 Å². The van der Waals surface area contributed by atoms with E-state index in [-0.39, 0.29) is 18.2 Å². The second kappa shape index (κ2) is 7.20. The van der Waals surface area contributed by atoms with Gasteiger partial charge >= 0.3 is 12.1 Å². The van der Waals surface area contributed by atoms with Gasteiger partial charge in [0.15, 0.2) is 0 Å². The van der Waals surface area contributed by atoms with E-state index in [1.54, 1.807) is 0 Å². The molecular formula is C16H29N3O3. The van der Waals surface area contributed by atoms with Gasteiger partial charge in [0, 0.05) is 32.2 Å². The molecule has 6 nitrogen and oxygen atoms in total. The molecule has 0 radical (unpaired) electrons. The van der Waals surface area contributed by atoms with Crippen molar-refractivity contribution < 1.29 is 14.3 Å². The van der Waals surface area contributed by atoms with Crippen LogP contribution in [0.5, 0.6) is 0 Å². The number of carbonyl (C=O) groups is 2. The first-order valence-corrected chi connectivity index (χ1v) is 8.38. The molecule has 2 aliphatic heterocycles. The first kappa shape index (κ1) is 16.9. The third kappa shape index (κ3) is 5.07. The van der Waals surface area contributed by atoms with Gasteiger partial charge in [-0.3, -0.25) is 0 Å². The van der Waals surface area contributed by atoms with Gasteiger partial charge in [-0.1, -0.05) is 0 Å². The monoisotopic (exact) mass is 311 g/mol. The Labute approximate surface area is 133 Å². The minimum atomic E-state index is -0.477. The Balaban J connectivity index is 1.73. The Bertz CT molecular complexity index is 392. The molecule has 0 aromatic heterocycles. The molecule has 0 bridgehead atoms. The quantitative estimate of drug-likeness (QED) is 0.809. The number of nitrogens with one attached hydrogen (secondary N) is 1. The first-order valence-electron chi connectivity index (χ1n) is 8.38. The predicted molar refractivity (Wildman–Crippen MR) is 84.8 cm³/mol. The molecule has 0 saturated carbocycles. The van der Waals surface area contributed by atoms with Crippen molar-refractivity contribution in [3.05, 3.63) is 0 Å². The molecule has 2 heterocycles. The highest BCUT2D eigenvalue weighted by Gasteiger charge is 2.28. The smallest absolute Gasteiger partial charge is 0.407 e. The molecule has 0 spiro atoms. The van der Waals surface area contributed by atoms with E-state index in [4.69, 9.17) is 4.74 Å². The van der Waals surface area contributed by atoms with Crippen molar-refractivity contribution in [1.82, 2.24) is 15.1 Å². The first-order chi connectivity index (χ1) is 10.3. The number of ether oxygens (including phenoxy) is 1. The third-order valence-electron chi connectivity index (χ3n) is 4.11. The number of urea groups is 1. The zero-order valence-corrected chi connectivity index (χ0v) is 14.1. The molecule has 0 aliphatic carbocycles. The summed E-state index contributed by atoms with van der Waals surface area (Å²) in [6.45, 7) is 8.74. The van der Waals surface area contributed by atoms with Gasteiger partial charge in [-0.15, -0.1) is 0 Å². The lowest BCUT2D eigenvalue weighted by Crippen LogP contribution is -2.51. The SMILES string of the molecule is CC(C)(C)OC(=O)NC1CCN(C(=O)N2CCCCC2)CC1. The van der Waals surface area contributed by atoms with E-state index in [0.717, 1.165) is 38.8 Å². The summed E-state index contributed by atoms with van der Waals surface area (Å²) in [4.78, 5) is 28.1. The van der Waals surface area contributed by atoms with E-state index in [1.165, 1.54) is 6.42 Å². The Morgan fingerprint density at radius 2 is 1.50 bits per heavy atom. The second-order valence-electron chi connectivity index (χ2n) is 7.24. The molecule has 2 fully saturated rings. The summed E-state index contributed by atoms with van der Waals surface area (Å²) in [5, 5.41) is 2.90. The normalized spacial score (nSPS) is 20.7. The highest BCUT2D eigenvalue weighted by molar-refractivity contribution is 5.74. The lowest BCUT2D eigenvalue weighted by molar-refractivity contribution is 0.0481. The molecule has 22 heavy (non-hydrogen) atoms. The van der Waals surface area contributed by atoms with Gasteiger partial charge in [0.2, 0.25) is 0 Å². The highest BCUT2D eigenvalue weighted by Crippen LogP contribution is 2.16. The van der Waals surface area contributed by atoms with Crippen LogP contribution >= 0.6 is 0 Å². The molecule has 0 unspecified atom stereocenters. The number of rotatable bonds is 1. The number of amides is 3. The van der Waals surface area contributed by atoms with Gasteiger partial charge < -0.3 is 19.9 Å². The van der Waals surface area contributed by atoms with Crippen molar-refractivity contribution >= 4 is 12.1 Å². The Kier molecular flexibility index (Phi) is 5.53. The summed E-state index contributed by atoms with van der Waals surface area (Å²) < 4.78 is 5.27. The Hall–Kier alpha value is -1.46. The number of piperidine rings is 2. The lowest BCUT2D eigenvalue weighted by atomic mass is 10.1. The molecule has 0 aromatic rings. The van der Waals surface area contributed by atoms with Gasteiger partial charge in [0.25, 0.3) is 0 Å². The van der Waals surface area contributed by atoms with Crippen LogP contribution in [0.25, 0.3) is 0 Å². The van der Waals surface area contributed by atoms with E-state index >= 15 is 0 Å². The third-order valence-corrected chi connectivity index (χ3v) is 4.11. The van der Waals surface area contributed by atoms with E-state index in [2.05, 4.69) is 5.32 Å². The van der Waals surface area contributed by atoms with E-state index < -0.39 is 5.60 Å². The number of hydrogen-bond acceptors (Lipinski definition) is 3. The maximum Gasteiger partial charge on any atom is 0.407 e. The van der Waals surface area contributed by atoms with Crippen molar-refractivity contribution in [3.63, 3.8) is 0 Å².